The van der Waals surface area contributed by atoms with Crippen LogP contribution in [0, 0.1) is 22.7 Å². The fraction of sp³-hybridized carbons (Fsp3) is 0.391. The Kier molecular flexibility index (Phi) is 6.42. The predicted molar refractivity (Wildman–Crippen MR) is 121 cm³/mol. The Morgan fingerprint density at radius 1 is 1.43 bits per heavy atom. The standard InChI is InChI=1S/C23H25BrN2OS/c1-5-10-27-20-9-7-17(24)11-15(20)14-26-22-19(13-25)18-8-6-16(23(2,3)4)12-21(18)28-22/h5,7,9,11,14,16H,1,6,8,10,12H2,2-4H3/t16-/m0/s1. The Hall–Kier alpha value is -1.90. The van der Waals surface area contributed by atoms with Gasteiger partial charge in [-0.25, -0.2) is 4.99 Å². The van der Waals surface area contributed by atoms with Crippen molar-refractivity contribution in [1.29, 1.82) is 5.26 Å². The molecule has 1 aliphatic carbocycles. The smallest absolute Gasteiger partial charge is 0.134 e. The lowest BCUT2D eigenvalue weighted by molar-refractivity contribution is 0.218. The first-order valence-corrected chi connectivity index (χ1v) is 11.1. The largest absolute Gasteiger partial charge is 0.489 e. The molecular weight excluding hydrogens is 432 g/mol. The van der Waals surface area contributed by atoms with Gasteiger partial charge in [-0.3, -0.25) is 0 Å². The zero-order valence-corrected chi connectivity index (χ0v) is 19.0. The van der Waals surface area contributed by atoms with Gasteiger partial charge in [0.05, 0.1) is 5.56 Å². The molecule has 2 aromatic rings. The summed E-state index contributed by atoms with van der Waals surface area (Å²) in [6, 6.07) is 8.21. The van der Waals surface area contributed by atoms with Crippen LogP contribution in [0.5, 0.6) is 5.75 Å². The van der Waals surface area contributed by atoms with E-state index in [1.807, 2.05) is 18.2 Å². The third-order valence-electron chi connectivity index (χ3n) is 5.23. The van der Waals surface area contributed by atoms with Crippen molar-refractivity contribution in [2.75, 3.05) is 6.61 Å². The maximum absolute atomic E-state index is 9.74. The minimum absolute atomic E-state index is 0.283. The SMILES string of the molecule is C=CCOc1ccc(Br)cc1C=Nc1sc2c(c1C#N)CC[C@H](C(C)(C)C)C2. The monoisotopic (exact) mass is 456 g/mol. The number of benzene rings is 1. The maximum Gasteiger partial charge on any atom is 0.134 e. The number of halogens is 1. The summed E-state index contributed by atoms with van der Waals surface area (Å²) in [5, 5.41) is 10.5. The van der Waals surface area contributed by atoms with Gasteiger partial charge in [0.25, 0.3) is 0 Å². The molecule has 0 amide bonds. The molecule has 0 bridgehead atoms. The normalized spacial score (nSPS) is 16.6. The van der Waals surface area contributed by atoms with Crippen LogP contribution in [0.1, 0.15) is 48.8 Å². The fourth-order valence-corrected chi connectivity index (χ4v) is 5.15. The van der Waals surface area contributed by atoms with Crippen LogP contribution in [0.3, 0.4) is 0 Å². The molecule has 1 aromatic carbocycles. The van der Waals surface area contributed by atoms with Gasteiger partial charge in [0.15, 0.2) is 0 Å². The Labute approximate surface area is 179 Å². The third-order valence-corrected chi connectivity index (χ3v) is 6.89. The van der Waals surface area contributed by atoms with Crippen molar-refractivity contribution >= 4 is 38.5 Å². The summed E-state index contributed by atoms with van der Waals surface area (Å²) in [4.78, 5) is 6.02. The zero-order chi connectivity index (χ0) is 20.3. The number of nitrogens with zero attached hydrogens (tertiary/aromatic N) is 2. The number of nitriles is 1. The highest BCUT2D eigenvalue weighted by Crippen LogP contribution is 2.45. The molecule has 146 valence electrons. The molecular formula is C23H25BrN2OS. The maximum atomic E-state index is 9.74. The van der Waals surface area contributed by atoms with Crippen LogP contribution < -0.4 is 4.74 Å². The summed E-state index contributed by atoms with van der Waals surface area (Å²) in [5.74, 6) is 1.39. The van der Waals surface area contributed by atoms with Gasteiger partial charge in [0, 0.05) is 21.1 Å². The van der Waals surface area contributed by atoms with Crippen LogP contribution in [-0.2, 0) is 12.8 Å². The van der Waals surface area contributed by atoms with Crippen molar-refractivity contribution in [3.8, 4) is 11.8 Å². The zero-order valence-electron chi connectivity index (χ0n) is 16.6. The average molecular weight is 457 g/mol. The second kappa shape index (κ2) is 8.63. The summed E-state index contributed by atoms with van der Waals surface area (Å²) in [5.41, 5.74) is 3.11. The number of fused-ring (bicyclic) bond motifs is 1. The van der Waals surface area contributed by atoms with E-state index in [2.05, 4.69) is 49.3 Å². The van der Waals surface area contributed by atoms with Crippen LogP contribution in [0.25, 0.3) is 0 Å². The van der Waals surface area contributed by atoms with Crippen LogP contribution in [0.4, 0.5) is 5.00 Å². The van der Waals surface area contributed by atoms with Crippen LogP contribution >= 0.6 is 27.3 Å². The van der Waals surface area contributed by atoms with Gasteiger partial charge in [0.2, 0.25) is 0 Å². The Morgan fingerprint density at radius 2 is 2.21 bits per heavy atom. The predicted octanol–water partition coefficient (Wildman–Crippen LogP) is 6.85. The summed E-state index contributed by atoms with van der Waals surface area (Å²) in [6.07, 6.45) is 6.66. The number of thiophene rings is 1. The summed E-state index contributed by atoms with van der Waals surface area (Å²) < 4.78 is 6.68. The molecule has 0 saturated heterocycles. The molecule has 28 heavy (non-hydrogen) atoms. The van der Waals surface area contributed by atoms with Crippen molar-refractivity contribution in [3.63, 3.8) is 0 Å². The van der Waals surface area contributed by atoms with Crippen LogP contribution in [-0.4, -0.2) is 12.8 Å². The molecule has 0 aliphatic heterocycles. The van der Waals surface area contributed by atoms with E-state index in [4.69, 9.17) is 9.73 Å². The molecule has 1 atom stereocenters. The van der Waals surface area contributed by atoms with Crippen molar-refractivity contribution in [3.05, 3.63) is 56.9 Å². The van der Waals surface area contributed by atoms with Crippen LogP contribution in [0.15, 0.2) is 40.3 Å². The number of hydrogen-bond acceptors (Lipinski definition) is 4. The topological polar surface area (TPSA) is 45.4 Å². The van der Waals surface area contributed by atoms with Gasteiger partial charge in [-0.05, 0) is 54.4 Å². The highest BCUT2D eigenvalue weighted by Gasteiger charge is 2.32. The Bertz CT molecular complexity index is 947. The van der Waals surface area contributed by atoms with E-state index in [1.54, 1.807) is 23.6 Å². The molecule has 0 radical (unpaired) electrons. The number of aliphatic imine (C=N–C) groups is 1. The van der Waals surface area contributed by atoms with Crippen molar-refractivity contribution in [1.82, 2.24) is 0 Å². The lowest BCUT2D eigenvalue weighted by atomic mass is 9.72. The fourth-order valence-electron chi connectivity index (χ4n) is 3.55. The number of hydrogen-bond donors (Lipinski definition) is 0. The molecule has 1 aliphatic rings. The second-order valence-electron chi connectivity index (χ2n) is 8.14. The van der Waals surface area contributed by atoms with E-state index >= 15 is 0 Å². The molecule has 0 fully saturated rings. The number of rotatable bonds is 5. The van der Waals surface area contributed by atoms with Gasteiger partial charge < -0.3 is 4.74 Å². The minimum atomic E-state index is 0.283. The molecule has 0 unspecified atom stereocenters. The molecule has 1 heterocycles. The first kappa shape index (κ1) is 20.8. The molecule has 3 rings (SSSR count). The van der Waals surface area contributed by atoms with E-state index in [9.17, 15) is 5.26 Å². The van der Waals surface area contributed by atoms with Gasteiger partial charge in [-0.1, -0.05) is 49.4 Å². The highest BCUT2D eigenvalue weighted by atomic mass is 79.9. The van der Waals surface area contributed by atoms with E-state index in [0.717, 1.165) is 45.6 Å². The molecule has 0 spiro atoms. The van der Waals surface area contributed by atoms with Gasteiger partial charge in [-0.15, -0.1) is 11.3 Å². The Morgan fingerprint density at radius 3 is 2.89 bits per heavy atom. The quantitative estimate of drug-likeness (QED) is 0.364. The molecule has 0 N–H and O–H groups in total. The third kappa shape index (κ3) is 4.56. The van der Waals surface area contributed by atoms with E-state index in [-0.39, 0.29) is 5.41 Å². The van der Waals surface area contributed by atoms with Gasteiger partial charge in [-0.2, -0.15) is 5.26 Å². The van der Waals surface area contributed by atoms with Crippen molar-refractivity contribution in [2.24, 2.45) is 16.3 Å². The average Bonchev–Trinajstić information content (AvgIpc) is 3.01. The minimum Gasteiger partial charge on any atom is -0.489 e. The van der Waals surface area contributed by atoms with Gasteiger partial charge in [0.1, 0.15) is 23.4 Å². The van der Waals surface area contributed by atoms with E-state index < -0.39 is 0 Å². The first-order chi connectivity index (χ1) is 13.3. The van der Waals surface area contributed by atoms with E-state index in [1.165, 1.54) is 10.4 Å². The molecule has 0 saturated carbocycles. The van der Waals surface area contributed by atoms with E-state index in [0.29, 0.717) is 12.5 Å². The first-order valence-electron chi connectivity index (χ1n) is 9.45. The molecule has 1 aromatic heterocycles. The highest BCUT2D eigenvalue weighted by molar-refractivity contribution is 9.10. The molecule has 5 heteroatoms. The van der Waals surface area contributed by atoms with Crippen LogP contribution in [0.2, 0.25) is 0 Å². The van der Waals surface area contributed by atoms with Crippen molar-refractivity contribution in [2.45, 2.75) is 40.0 Å². The molecule has 3 nitrogen and oxygen atoms in total. The Balaban J connectivity index is 1.92. The second-order valence-corrected chi connectivity index (χ2v) is 10.1. The summed E-state index contributed by atoms with van der Waals surface area (Å²) in [7, 11) is 0. The van der Waals surface area contributed by atoms with Gasteiger partial charge >= 0.3 is 0 Å². The van der Waals surface area contributed by atoms with Crippen molar-refractivity contribution < 1.29 is 4.74 Å². The summed E-state index contributed by atoms with van der Waals surface area (Å²) in [6.45, 7) is 11.0. The number of ether oxygens (including phenoxy) is 1. The lowest BCUT2D eigenvalue weighted by Gasteiger charge is -2.33. The summed E-state index contributed by atoms with van der Waals surface area (Å²) >= 11 is 5.17. The lowest BCUT2D eigenvalue weighted by Crippen LogP contribution is -2.26.